The van der Waals surface area contributed by atoms with Gasteiger partial charge in [0, 0.05) is 14.1 Å². The number of hydrogen-bond acceptors (Lipinski definition) is 6. The Morgan fingerprint density at radius 3 is 2.00 bits per heavy atom. The van der Waals surface area contributed by atoms with Gasteiger partial charge in [0.1, 0.15) is 30.3 Å². The van der Waals surface area contributed by atoms with Crippen LogP contribution in [0.2, 0.25) is 0 Å². The Kier molecular flexibility index (Phi) is 11.2. The highest BCUT2D eigenvalue weighted by Gasteiger charge is 2.35. The maximum absolute atomic E-state index is 13.2. The molecule has 0 fully saturated rings. The summed E-state index contributed by atoms with van der Waals surface area (Å²) in [5, 5.41) is 2.49. The van der Waals surface area contributed by atoms with Crippen LogP contribution in [-0.4, -0.2) is 71.5 Å². The van der Waals surface area contributed by atoms with E-state index in [1.54, 1.807) is 27.7 Å². The standard InChI is InChI=1S/C26H41N3O6/c1-17(2)15-21(24(32)34-16-20-13-11-10-12-14-20)29(9)23(31)19(4)28(8)22(30)18(3)27-25(33)35-26(5,6)7/h10-14,17-19,21H,15-16H2,1-9H3,(H,27,33)/t18-,19+,21-/m0/s1. The zero-order valence-corrected chi connectivity index (χ0v) is 22.5. The Labute approximate surface area is 209 Å². The van der Waals surface area contributed by atoms with Gasteiger partial charge in [0.2, 0.25) is 11.8 Å². The van der Waals surface area contributed by atoms with Crippen molar-refractivity contribution in [2.45, 2.75) is 85.2 Å². The van der Waals surface area contributed by atoms with E-state index in [0.717, 1.165) is 5.56 Å². The minimum absolute atomic E-state index is 0.109. The summed E-state index contributed by atoms with van der Waals surface area (Å²) >= 11 is 0. The fraction of sp³-hybridized carbons (Fsp3) is 0.615. The first kappa shape index (κ1) is 29.9. The van der Waals surface area contributed by atoms with Gasteiger partial charge in [-0.25, -0.2) is 9.59 Å². The van der Waals surface area contributed by atoms with Crippen LogP contribution >= 0.6 is 0 Å². The van der Waals surface area contributed by atoms with Crippen molar-refractivity contribution in [2.24, 2.45) is 5.92 Å². The molecule has 0 aromatic heterocycles. The molecular formula is C26H41N3O6. The molecule has 196 valence electrons. The first-order valence-electron chi connectivity index (χ1n) is 11.9. The van der Waals surface area contributed by atoms with Crippen LogP contribution in [0.15, 0.2) is 30.3 Å². The monoisotopic (exact) mass is 491 g/mol. The number of nitrogens with zero attached hydrogens (tertiary/aromatic N) is 2. The van der Waals surface area contributed by atoms with Crippen molar-refractivity contribution < 1.29 is 28.7 Å². The molecule has 0 aliphatic rings. The average Bonchev–Trinajstić information content (AvgIpc) is 2.77. The fourth-order valence-corrected chi connectivity index (χ4v) is 3.34. The van der Waals surface area contributed by atoms with Gasteiger partial charge >= 0.3 is 12.1 Å². The second-order valence-electron chi connectivity index (χ2n) is 10.2. The van der Waals surface area contributed by atoms with E-state index >= 15 is 0 Å². The van der Waals surface area contributed by atoms with Crippen molar-refractivity contribution >= 4 is 23.9 Å². The van der Waals surface area contributed by atoms with Crippen LogP contribution in [0.1, 0.15) is 60.5 Å². The topological polar surface area (TPSA) is 105 Å². The molecule has 1 rings (SSSR count). The lowest BCUT2D eigenvalue weighted by molar-refractivity contribution is -0.158. The Morgan fingerprint density at radius 2 is 1.49 bits per heavy atom. The largest absolute Gasteiger partial charge is 0.459 e. The molecule has 0 unspecified atom stereocenters. The molecule has 0 bridgehead atoms. The second kappa shape index (κ2) is 13.1. The molecule has 3 atom stereocenters. The number of hydrogen-bond donors (Lipinski definition) is 1. The first-order valence-corrected chi connectivity index (χ1v) is 11.9. The van der Waals surface area contributed by atoms with Crippen LogP contribution in [0, 0.1) is 5.92 Å². The molecule has 0 saturated heterocycles. The van der Waals surface area contributed by atoms with Crippen molar-refractivity contribution in [3.05, 3.63) is 35.9 Å². The third-order valence-electron chi connectivity index (χ3n) is 5.40. The van der Waals surface area contributed by atoms with Gasteiger partial charge in [-0.2, -0.15) is 0 Å². The van der Waals surface area contributed by atoms with Gasteiger partial charge in [0.15, 0.2) is 0 Å². The highest BCUT2D eigenvalue weighted by Crippen LogP contribution is 2.16. The Bertz CT molecular complexity index is 866. The van der Waals surface area contributed by atoms with Gasteiger partial charge in [0.05, 0.1) is 0 Å². The summed E-state index contributed by atoms with van der Waals surface area (Å²) in [6.07, 6.45) is -0.308. The number of carbonyl (C=O) groups is 4. The van der Waals surface area contributed by atoms with Crippen molar-refractivity contribution in [1.82, 2.24) is 15.1 Å². The summed E-state index contributed by atoms with van der Waals surface area (Å²) in [6.45, 7) is 12.3. The molecule has 35 heavy (non-hydrogen) atoms. The van der Waals surface area contributed by atoms with E-state index in [0.29, 0.717) is 6.42 Å². The summed E-state index contributed by atoms with van der Waals surface area (Å²) in [6, 6.07) is 6.74. The quantitative estimate of drug-likeness (QED) is 0.503. The number of carbonyl (C=O) groups excluding carboxylic acids is 4. The van der Waals surface area contributed by atoms with Crippen LogP contribution in [0.4, 0.5) is 4.79 Å². The van der Waals surface area contributed by atoms with Crippen LogP contribution in [0.3, 0.4) is 0 Å². The minimum Gasteiger partial charge on any atom is -0.459 e. The zero-order chi connectivity index (χ0) is 26.9. The maximum atomic E-state index is 13.2. The van der Waals surface area contributed by atoms with E-state index in [-0.39, 0.29) is 12.5 Å². The Morgan fingerprint density at radius 1 is 0.914 bits per heavy atom. The number of alkyl carbamates (subject to hydrolysis) is 1. The third-order valence-corrected chi connectivity index (χ3v) is 5.40. The number of nitrogens with one attached hydrogen (secondary N) is 1. The lowest BCUT2D eigenvalue weighted by Crippen LogP contribution is -2.55. The van der Waals surface area contributed by atoms with E-state index in [1.807, 2.05) is 44.2 Å². The highest BCUT2D eigenvalue weighted by molar-refractivity contribution is 5.92. The Balaban J connectivity index is 2.85. The fourth-order valence-electron chi connectivity index (χ4n) is 3.34. The molecule has 1 aromatic rings. The maximum Gasteiger partial charge on any atom is 0.408 e. The molecule has 0 aliphatic carbocycles. The van der Waals surface area contributed by atoms with Crippen LogP contribution in [0.5, 0.6) is 0 Å². The summed E-state index contributed by atoms with van der Waals surface area (Å²) in [5.41, 5.74) is 0.147. The first-order chi connectivity index (χ1) is 16.1. The molecule has 3 amide bonds. The Hall–Kier alpha value is -3.10. The van der Waals surface area contributed by atoms with Crippen molar-refractivity contribution in [1.29, 1.82) is 0 Å². The molecule has 1 N–H and O–H groups in total. The molecular weight excluding hydrogens is 450 g/mol. The van der Waals surface area contributed by atoms with Gasteiger partial charge in [0.25, 0.3) is 0 Å². The summed E-state index contributed by atoms with van der Waals surface area (Å²) in [5.74, 6) is -1.24. The number of esters is 1. The molecule has 9 nitrogen and oxygen atoms in total. The predicted molar refractivity (Wildman–Crippen MR) is 133 cm³/mol. The number of rotatable bonds is 10. The third kappa shape index (κ3) is 9.96. The van der Waals surface area contributed by atoms with Crippen molar-refractivity contribution in [3.8, 4) is 0 Å². The number of likely N-dealkylation sites (N-methyl/N-ethyl adjacent to an activating group) is 2. The molecule has 0 saturated carbocycles. The number of amides is 3. The number of ether oxygens (including phenoxy) is 2. The van der Waals surface area contributed by atoms with Gasteiger partial charge in [-0.3, -0.25) is 9.59 Å². The molecule has 1 aromatic carbocycles. The molecule has 0 heterocycles. The van der Waals surface area contributed by atoms with Gasteiger partial charge in [-0.1, -0.05) is 44.2 Å². The summed E-state index contributed by atoms with van der Waals surface area (Å²) in [4.78, 5) is 53.6. The second-order valence-corrected chi connectivity index (χ2v) is 10.2. The van der Waals surface area contributed by atoms with Crippen molar-refractivity contribution in [2.75, 3.05) is 14.1 Å². The lowest BCUT2D eigenvalue weighted by Gasteiger charge is -2.34. The summed E-state index contributed by atoms with van der Waals surface area (Å²) < 4.78 is 10.7. The normalized spacial score (nSPS) is 13.9. The van der Waals surface area contributed by atoms with E-state index in [1.165, 1.54) is 30.8 Å². The van der Waals surface area contributed by atoms with Crippen molar-refractivity contribution in [3.63, 3.8) is 0 Å². The van der Waals surface area contributed by atoms with Gasteiger partial charge in [-0.05, 0) is 52.5 Å². The molecule has 0 aliphatic heterocycles. The van der Waals surface area contributed by atoms with Crippen LogP contribution in [0.25, 0.3) is 0 Å². The highest BCUT2D eigenvalue weighted by atomic mass is 16.6. The average molecular weight is 492 g/mol. The lowest BCUT2D eigenvalue weighted by atomic mass is 10.0. The van der Waals surface area contributed by atoms with Crippen LogP contribution in [-0.2, 0) is 30.5 Å². The predicted octanol–water partition coefficient (Wildman–Crippen LogP) is 3.36. The van der Waals surface area contributed by atoms with E-state index in [4.69, 9.17) is 9.47 Å². The van der Waals surface area contributed by atoms with Gasteiger partial charge in [-0.15, -0.1) is 0 Å². The molecule has 0 radical (unpaired) electrons. The minimum atomic E-state index is -0.905. The zero-order valence-electron chi connectivity index (χ0n) is 22.5. The number of benzene rings is 1. The molecule has 9 heteroatoms. The van der Waals surface area contributed by atoms with E-state index in [2.05, 4.69) is 5.32 Å². The van der Waals surface area contributed by atoms with E-state index < -0.39 is 47.6 Å². The summed E-state index contributed by atoms with van der Waals surface area (Å²) in [7, 11) is 3.02. The van der Waals surface area contributed by atoms with Crippen LogP contribution < -0.4 is 5.32 Å². The van der Waals surface area contributed by atoms with Gasteiger partial charge < -0.3 is 24.6 Å². The smallest absolute Gasteiger partial charge is 0.408 e. The molecule has 0 spiro atoms. The SMILES string of the molecule is CC(C)C[C@@H](C(=O)OCc1ccccc1)N(C)C(=O)[C@@H](C)N(C)C(=O)[C@H](C)NC(=O)OC(C)(C)C. The van der Waals surface area contributed by atoms with E-state index in [9.17, 15) is 19.2 Å².